The minimum atomic E-state index is 0.395. The number of ether oxygens (including phenoxy) is 1. The topological polar surface area (TPSA) is 47.3 Å². The van der Waals surface area contributed by atoms with E-state index in [-0.39, 0.29) is 0 Å². The number of methoxy groups -OCH3 is 1. The van der Waals surface area contributed by atoms with Gasteiger partial charge in [-0.15, -0.1) is 0 Å². The van der Waals surface area contributed by atoms with Crippen LogP contribution in [-0.2, 0) is 6.42 Å². The summed E-state index contributed by atoms with van der Waals surface area (Å²) in [6.45, 7) is 2.17. The molecule has 3 N–H and O–H groups in total. The van der Waals surface area contributed by atoms with E-state index in [9.17, 15) is 0 Å². The summed E-state index contributed by atoms with van der Waals surface area (Å²) in [7, 11) is 1.73. The number of rotatable bonds is 4. The van der Waals surface area contributed by atoms with E-state index < -0.39 is 0 Å². The summed E-state index contributed by atoms with van der Waals surface area (Å²) in [5.74, 6) is 0.932. The van der Waals surface area contributed by atoms with E-state index in [1.807, 2.05) is 0 Å². The molecule has 0 amide bonds. The van der Waals surface area contributed by atoms with Gasteiger partial charge in [-0.2, -0.15) is 0 Å². The van der Waals surface area contributed by atoms with Gasteiger partial charge in [-0.05, 0) is 49.8 Å². The van der Waals surface area contributed by atoms with Crippen LogP contribution in [0.15, 0.2) is 18.2 Å². The van der Waals surface area contributed by atoms with Crippen LogP contribution in [0.25, 0.3) is 0 Å². The monoisotopic (exact) mass is 248 g/mol. The number of hydrogen-bond donors (Lipinski definition) is 2. The molecule has 0 aliphatic heterocycles. The smallest absolute Gasteiger partial charge is 0.141 e. The zero-order valence-electron chi connectivity index (χ0n) is 11.4. The molecule has 0 bridgehead atoms. The molecule has 3 heteroatoms. The van der Waals surface area contributed by atoms with Crippen LogP contribution in [0.2, 0.25) is 0 Å². The zero-order valence-corrected chi connectivity index (χ0v) is 11.4. The summed E-state index contributed by atoms with van der Waals surface area (Å²) < 4.78 is 5.42. The molecule has 1 saturated carbocycles. The van der Waals surface area contributed by atoms with E-state index in [0.29, 0.717) is 12.1 Å². The second kappa shape index (κ2) is 6.10. The van der Waals surface area contributed by atoms with Gasteiger partial charge in [-0.1, -0.05) is 13.0 Å². The summed E-state index contributed by atoms with van der Waals surface area (Å²) in [5, 5.41) is 3.62. The number of nitrogens with one attached hydrogen (secondary N) is 1. The molecule has 0 heterocycles. The Morgan fingerprint density at radius 1 is 1.28 bits per heavy atom. The third-order valence-corrected chi connectivity index (χ3v) is 3.80. The van der Waals surface area contributed by atoms with E-state index in [0.717, 1.165) is 43.5 Å². The molecule has 0 spiro atoms. The van der Waals surface area contributed by atoms with Gasteiger partial charge in [0.15, 0.2) is 0 Å². The molecular weight excluding hydrogens is 224 g/mol. The summed E-state index contributed by atoms with van der Waals surface area (Å²) >= 11 is 0. The number of hydrogen-bond acceptors (Lipinski definition) is 3. The number of aryl methyl sites for hydroxylation is 1. The largest absolute Gasteiger partial charge is 0.495 e. The first kappa shape index (κ1) is 13.2. The summed E-state index contributed by atoms with van der Waals surface area (Å²) in [5.41, 5.74) is 8.40. The lowest BCUT2D eigenvalue weighted by molar-refractivity contribution is 0.401. The molecule has 1 aliphatic rings. The van der Waals surface area contributed by atoms with Crippen molar-refractivity contribution in [1.82, 2.24) is 0 Å². The second-order valence-corrected chi connectivity index (χ2v) is 5.14. The first-order valence-corrected chi connectivity index (χ1v) is 6.92. The lowest BCUT2D eigenvalue weighted by atomic mass is 9.91. The molecule has 3 nitrogen and oxygen atoms in total. The predicted molar refractivity (Wildman–Crippen MR) is 76.2 cm³/mol. The van der Waals surface area contributed by atoms with Crippen LogP contribution < -0.4 is 15.8 Å². The number of benzene rings is 1. The molecule has 1 fully saturated rings. The van der Waals surface area contributed by atoms with Crippen LogP contribution in [0.3, 0.4) is 0 Å². The maximum absolute atomic E-state index is 5.94. The minimum absolute atomic E-state index is 0.395. The number of nitrogens with two attached hydrogens (primary N) is 1. The van der Waals surface area contributed by atoms with Crippen molar-refractivity contribution in [2.75, 3.05) is 12.4 Å². The summed E-state index contributed by atoms with van der Waals surface area (Å²) in [4.78, 5) is 0. The average Bonchev–Trinajstić information content (AvgIpc) is 2.41. The third kappa shape index (κ3) is 3.16. The van der Waals surface area contributed by atoms with Crippen molar-refractivity contribution in [3.63, 3.8) is 0 Å². The Hall–Kier alpha value is -1.22. The van der Waals surface area contributed by atoms with Crippen molar-refractivity contribution in [3.8, 4) is 5.75 Å². The van der Waals surface area contributed by atoms with Crippen LogP contribution in [-0.4, -0.2) is 19.2 Å². The Morgan fingerprint density at radius 3 is 2.61 bits per heavy atom. The van der Waals surface area contributed by atoms with Gasteiger partial charge in [0.1, 0.15) is 5.75 Å². The van der Waals surface area contributed by atoms with Crippen molar-refractivity contribution < 1.29 is 4.74 Å². The Labute approximate surface area is 110 Å². The van der Waals surface area contributed by atoms with Crippen LogP contribution in [0.4, 0.5) is 5.69 Å². The molecule has 0 radical (unpaired) electrons. The zero-order chi connectivity index (χ0) is 13.0. The van der Waals surface area contributed by atoms with Gasteiger partial charge in [0.05, 0.1) is 12.8 Å². The number of anilines is 1. The molecule has 100 valence electrons. The minimum Gasteiger partial charge on any atom is -0.495 e. The molecule has 2 rings (SSSR count). The predicted octanol–water partition coefficient (Wildman–Crippen LogP) is 2.94. The van der Waals surface area contributed by atoms with Crippen LogP contribution in [0.1, 0.15) is 38.2 Å². The molecule has 0 atom stereocenters. The van der Waals surface area contributed by atoms with Crippen molar-refractivity contribution >= 4 is 5.69 Å². The molecule has 1 aliphatic carbocycles. The van der Waals surface area contributed by atoms with E-state index >= 15 is 0 Å². The highest BCUT2D eigenvalue weighted by Crippen LogP contribution is 2.29. The fraction of sp³-hybridized carbons (Fsp3) is 0.600. The lowest BCUT2D eigenvalue weighted by Gasteiger charge is -2.28. The fourth-order valence-corrected chi connectivity index (χ4v) is 2.57. The SMILES string of the molecule is CCc1ccc(OC)c(NC2CCC(N)CC2)c1. The highest BCUT2D eigenvalue weighted by atomic mass is 16.5. The van der Waals surface area contributed by atoms with Gasteiger partial charge in [0, 0.05) is 12.1 Å². The van der Waals surface area contributed by atoms with Gasteiger partial charge >= 0.3 is 0 Å². The standard InChI is InChI=1S/C15H24N2O/c1-3-11-4-9-15(18-2)14(10-11)17-13-7-5-12(16)6-8-13/h4,9-10,12-13,17H,3,5-8,16H2,1-2H3. The lowest BCUT2D eigenvalue weighted by Crippen LogP contribution is -2.32. The Morgan fingerprint density at radius 2 is 2.00 bits per heavy atom. The van der Waals surface area contributed by atoms with Crippen LogP contribution in [0.5, 0.6) is 5.75 Å². The molecule has 0 unspecified atom stereocenters. The van der Waals surface area contributed by atoms with Crippen LogP contribution >= 0.6 is 0 Å². The van der Waals surface area contributed by atoms with E-state index in [1.165, 1.54) is 5.56 Å². The quantitative estimate of drug-likeness (QED) is 0.861. The molecular formula is C15H24N2O. The van der Waals surface area contributed by atoms with Crippen LogP contribution in [0, 0.1) is 0 Å². The first-order chi connectivity index (χ1) is 8.72. The maximum atomic E-state index is 5.94. The summed E-state index contributed by atoms with van der Waals surface area (Å²) in [6.07, 6.45) is 5.59. The van der Waals surface area contributed by atoms with Gasteiger partial charge < -0.3 is 15.8 Å². The normalized spacial score (nSPS) is 23.7. The third-order valence-electron chi connectivity index (χ3n) is 3.80. The van der Waals surface area contributed by atoms with Gasteiger partial charge in [0.25, 0.3) is 0 Å². The Bertz CT molecular complexity index is 384. The molecule has 1 aromatic rings. The van der Waals surface area contributed by atoms with Crippen molar-refractivity contribution in [2.24, 2.45) is 5.73 Å². The van der Waals surface area contributed by atoms with Crippen molar-refractivity contribution in [3.05, 3.63) is 23.8 Å². The van der Waals surface area contributed by atoms with E-state index in [1.54, 1.807) is 7.11 Å². The fourth-order valence-electron chi connectivity index (χ4n) is 2.57. The van der Waals surface area contributed by atoms with Gasteiger partial charge in [-0.25, -0.2) is 0 Å². The highest BCUT2D eigenvalue weighted by Gasteiger charge is 2.19. The second-order valence-electron chi connectivity index (χ2n) is 5.14. The maximum Gasteiger partial charge on any atom is 0.141 e. The molecule has 0 aromatic heterocycles. The van der Waals surface area contributed by atoms with Gasteiger partial charge in [0.2, 0.25) is 0 Å². The highest BCUT2D eigenvalue weighted by molar-refractivity contribution is 5.58. The van der Waals surface area contributed by atoms with E-state index in [4.69, 9.17) is 10.5 Å². The van der Waals surface area contributed by atoms with Gasteiger partial charge in [-0.3, -0.25) is 0 Å². The van der Waals surface area contributed by atoms with E-state index in [2.05, 4.69) is 30.4 Å². The van der Waals surface area contributed by atoms with Crippen molar-refractivity contribution in [1.29, 1.82) is 0 Å². The Kier molecular flexibility index (Phi) is 4.48. The first-order valence-electron chi connectivity index (χ1n) is 6.92. The Balaban J connectivity index is 2.07. The summed E-state index contributed by atoms with van der Waals surface area (Å²) in [6, 6.07) is 7.31. The average molecular weight is 248 g/mol. The molecule has 18 heavy (non-hydrogen) atoms. The molecule has 0 saturated heterocycles. The van der Waals surface area contributed by atoms with Crippen molar-refractivity contribution in [2.45, 2.75) is 51.1 Å². The molecule has 1 aromatic carbocycles.